The smallest absolute Gasteiger partial charge is 0.138 e. The number of nitriles is 1. The van der Waals surface area contributed by atoms with Crippen LogP contribution in [0.1, 0.15) is 41.5 Å². The fourth-order valence-corrected chi connectivity index (χ4v) is 3.78. The summed E-state index contributed by atoms with van der Waals surface area (Å²) in [6, 6.07) is 6.63. The maximum absolute atomic E-state index is 12.5. The van der Waals surface area contributed by atoms with Gasteiger partial charge in [0.25, 0.3) is 0 Å². The Morgan fingerprint density at radius 1 is 1.29 bits per heavy atom. The Bertz CT molecular complexity index is 602. The number of aryl methyl sites for hydroxylation is 3. The third-order valence-corrected chi connectivity index (χ3v) is 5.15. The van der Waals surface area contributed by atoms with Gasteiger partial charge in [0, 0.05) is 25.9 Å². The molecule has 0 bridgehead atoms. The summed E-state index contributed by atoms with van der Waals surface area (Å²) in [4.78, 5) is 17.8. The van der Waals surface area contributed by atoms with Crippen molar-refractivity contribution in [1.82, 2.24) is 5.06 Å². The molecule has 0 aliphatic carbocycles. The summed E-state index contributed by atoms with van der Waals surface area (Å²) in [5.41, 5.74) is 4.68. The number of carbonyl (C=O) groups is 1. The van der Waals surface area contributed by atoms with Gasteiger partial charge in [-0.1, -0.05) is 17.7 Å². The Kier molecular flexibility index (Phi) is 6.53. The average Bonchev–Trinajstić information content (AvgIpc) is 2.56. The minimum atomic E-state index is -0.178. The van der Waals surface area contributed by atoms with E-state index in [1.54, 1.807) is 7.11 Å². The van der Waals surface area contributed by atoms with Crippen molar-refractivity contribution in [1.29, 1.82) is 5.26 Å². The van der Waals surface area contributed by atoms with Crippen molar-refractivity contribution in [3.8, 4) is 6.07 Å². The molecule has 0 spiro atoms. The molecule has 1 aromatic carbocycles. The quantitative estimate of drug-likeness (QED) is 0.801. The third-order valence-electron chi connectivity index (χ3n) is 5.15. The average molecular weight is 328 g/mol. The Morgan fingerprint density at radius 3 is 2.38 bits per heavy atom. The molecule has 24 heavy (non-hydrogen) atoms. The number of hydroxylamine groups is 2. The van der Waals surface area contributed by atoms with Crippen molar-refractivity contribution in [3.63, 3.8) is 0 Å². The summed E-state index contributed by atoms with van der Waals surface area (Å²) in [5.74, 6) is 0.291. The number of Topliss-reactive ketones (excluding diaryl/α,β-unsaturated/α-hetero) is 1. The zero-order valence-electron chi connectivity index (χ0n) is 15.3. The predicted octanol–water partition coefficient (Wildman–Crippen LogP) is 3.53. The molecular formula is C20H28N2O2. The van der Waals surface area contributed by atoms with Crippen molar-refractivity contribution >= 4 is 5.78 Å². The molecule has 4 heteroatoms. The van der Waals surface area contributed by atoms with E-state index in [2.05, 4.69) is 39.0 Å². The largest absolute Gasteiger partial charge is 0.302 e. The molecular weight excluding hydrogens is 300 g/mol. The van der Waals surface area contributed by atoms with E-state index in [4.69, 9.17) is 4.84 Å². The number of benzene rings is 1. The van der Waals surface area contributed by atoms with Crippen LogP contribution in [0.3, 0.4) is 0 Å². The van der Waals surface area contributed by atoms with Crippen LogP contribution in [0.25, 0.3) is 0 Å². The zero-order chi connectivity index (χ0) is 17.7. The van der Waals surface area contributed by atoms with Crippen molar-refractivity contribution in [2.75, 3.05) is 20.2 Å². The fraction of sp³-hybridized carbons (Fsp3) is 0.600. The van der Waals surface area contributed by atoms with Crippen molar-refractivity contribution in [3.05, 3.63) is 34.4 Å². The van der Waals surface area contributed by atoms with Crippen LogP contribution in [0, 0.1) is 43.9 Å². The highest BCUT2D eigenvalue weighted by molar-refractivity contribution is 5.82. The normalized spacial score (nSPS) is 17.5. The molecule has 1 aliphatic rings. The summed E-state index contributed by atoms with van der Waals surface area (Å²) in [5, 5.41) is 11.4. The number of nitrogens with zero attached hydrogens (tertiary/aromatic N) is 2. The molecule has 130 valence electrons. The van der Waals surface area contributed by atoms with Gasteiger partial charge in [-0.2, -0.15) is 10.3 Å². The lowest BCUT2D eigenvalue weighted by atomic mass is 9.81. The molecule has 2 rings (SSSR count). The minimum absolute atomic E-state index is 0.172. The molecule has 1 heterocycles. The van der Waals surface area contributed by atoms with E-state index in [-0.39, 0.29) is 11.7 Å². The number of carbonyl (C=O) groups excluding carboxylic acids is 1. The molecule has 1 fully saturated rings. The summed E-state index contributed by atoms with van der Waals surface area (Å²) in [7, 11) is 1.68. The molecule has 1 aliphatic heterocycles. The molecule has 0 aromatic heterocycles. The second-order valence-corrected chi connectivity index (χ2v) is 6.98. The monoisotopic (exact) mass is 328 g/mol. The van der Waals surface area contributed by atoms with Crippen LogP contribution < -0.4 is 0 Å². The van der Waals surface area contributed by atoms with Crippen LogP contribution >= 0.6 is 0 Å². The molecule has 1 saturated heterocycles. The van der Waals surface area contributed by atoms with Crippen LogP contribution in [-0.2, 0) is 16.1 Å². The first-order valence-electron chi connectivity index (χ1n) is 8.71. The van der Waals surface area contributed by atoms with E-state index in [1.807, 2.05) is 5.06 Å². The lowest BCUT2D eigenvalue weighted by Gasteiger charge is -2.32. The fourth-order valence-electron chi connectivity index (χ4n) is 3.78. The Balaban J connectivity index is 1.97. The van der Waals surface area contributed by atoms with E-state index < -0.39 is 0 Å². The van der Waals surface area contributed by atoms with Crippen LogP contribution in [0.5, 0.6) is 0 Å². The predicted molar refractivity (Wildman–Crippen MR) is 94.4 cm³/mol. The van der Waals surface area contributed by atoms with Crippen molar-refractivity contribution in [2.45, 2.75) is 46.5 Å². The van der Waals surface area contributed by atoms with Gasteiger partial charge in [0.1, 0.15) is 5.78 Å². The van der Waals surface area contributed by atoms with Crippen LogP contribution in [0.4, 0.5) is 0 Å². The third kappa shape index (κ3) is 4.66. The summed E-state index contributed by atoms with van der Waals surface area (Å²) in [6.45, 7) is 7.87. The number of piperidine rings is 1. The van der Waals surface area contributed by atoms with E-state index in [1.165, 1.54) is 16.7 Å². The molecule has 0 amide bonds. The SMILES string of the molecule is CON1CCC(C(C#N)CC(=O)Cc2c(C)cc(C)cc2C)CC1. The van der Waals surface area contributed by atoms with Gasteiger partial charge in [0.05, 0.1) is 19.1 Å². The molecule has 4 nitrogen and oxygen atoms in total. The number of hydrogen-bond donors (Lipinski definition) is 0. The highest BCUT2D eigenvalue weighted by Gasteiger charge is 2.28. The summed E-state index contributed by atoms with van der Waals surface area (Å²) < 4.78 is 0. The minimum Gasteiger partial charge on any atom is -0.302 e. The molecule has 1 aromatic rings. The molecule has 0 saturated carbocycles. The van der Waals surface area contributed by atoms with Crippen LogP contribution in [0.15, 0.2) is 12.1 Å². The van der Waals surface area contributed by atoms with Gasteiger partial charge in [-0.25, -0.2) is 0 Å². The second-order valence-electron chi connectivity index (χ2n) is 6.98. The topological polar surface area (TPSA) is 53.3 Å². The zero-order valence-corrected chi connectivity index (χ0v) is 15.3. The van der Waals surface area contributed by atoms with Gasteiger partial charge in [-0.3, -0.25) is 4.79 Å². The van der Waals surface area contributed by atoms with Crippen LogP contribution in [0.2, 0.25) is 0 Å². The number of ketones is 1. The highest BCUT2D eigenvalue weighted by atomic mass is 16.7. The second kappa shape index (κ2) is 8.41. The molecule has 1 unspecified atom stereocenters. The van der Waals surface area contributed by atoms with E-state index in [0.717, 1.165) is 31.5 Å². The van der Waals surface area contributed by atoms with Gasteiger partial charge in [-0.05, 0) is 56.2 Å². The molecule has 0 N–H and O–H groups in total. The number of rotatable bonds is 6. The molecule has 1 atom stereocenters. The maximum atomic E-state index is 12.5. The Hall–Kier alpha value is -1.70. The maximum Gasteiger partial charge on any atom is 0.138 e. The van der Waals surface area contributed by atoms with E-state index >= 15 is 0 Å². The van der Waals surface area contributed by atoms with Gasteiger partial charge < -0.3 is 4.84 Å². The standard InChI is InChI=1S/C20H28N2O2/c1-14-9-15(2)20(16(3)10-14)12-19(23)11-18(13-21)17-5-7-22(24-4)8-6-17/h9-10,17-18H,5-8,11-12H2,1-4H3. The summed E-state index contributed by atoms with van der Waals surface area (Å²) in [6.07, 6.45) is 2.64. The lowest BCUT2D eigenvalue weighted by Crippen LogP contribution is -2.35. The Labute approximate surface area is 145 Å². The highest BCUT2D eigenvalue weighted by Crippen LogP contribution is 2.28. The number of hydrogen-bond acceptors (Lipinski definition) is 4. The van der Waals surface area contributed by atoms with Crippen molar-refractivity contribution < 1.29 is 9.63 Å². The van der Waals surface area contributed by atoms with Crippen molar-refractivity contribution in [2.24, 2.45) is 11.8 Å². The lowest BCUT2D eigenvalue weighted by molar-refractivity contribution is -0.150. The van der Waals surface area contributed by atoms with Gasteiger partial charge in [-0.15, -0.1) is 0 Å². The van der Waals surface area contributed by atoms with Gasteiger partial charge in [0.2, 0.25) is 0 Å². The Morgan fingerprint density at radius 2 is 1.88 bits per heavy atom. The first-order chi connectivity index (χ1) is 11.4. The first-order valence-corrected chi connectivity index (χ1v) is 8.71. The first kappa shape index (κ1) is 18.6. The van der Waals surface area contributed by atoms with Gasteiger partial charge >= 0.3 is 0 Å². The summed E-state index contributed by atoms with van der Waals surface area (Å²) >= 11 is 0. The van der Waals surface area contributed by atoms with E-state index in [9.17, 15) is 10.1 Å². The molecule has 0 radical (unpaired) electrons. The van der Waals surface area contributed by atoms with E-state index in [0.29, 0.717) is 18.8 Å². The van der Waals surface area contributed by atoms with Crippen LogP contribution in [-0.4, -0.2) is 31.0 Å². The van der Waals surface area contributed by atoms with Gasteiger partial charge in [0.15, 0.2) is 0 Å².